The third-order valence-corrected chi connectivity index (χ3v) is 3.85. The van der Waals surface area contributed by atoms with E-state index in [0.717, 1.165) is 47.1 Å². The van der Waals surface area contributed by atoms with Gasteiger partial charge in [-0.1, -0.05) is 37.6 Å². The van der Waals surface area contributed by atoms with Crippen LogP contribution in [0.3, 0.4) is 0 Å². The van der Waals surface area contributed by atoms with Gasteiger partial charge in [-0.2, -0.15) is 0 Å². The largest absolute Gasteiger partial charge is 0.461 e. The van der Waals surface area contributed by atoms with Crippen LogP contribution in [0.25, 0.3) is 22.1 Å². The lowest BCUT2D eigenvalue weighted by atomic mass is 9.98. The van der Waals surface area contributed by atoms with Crippen LogP contribution in [0.4, 0.5) is 0 Å². The maximum absolute atomic E-state index is 11.6. The monoisotopic (exact) mass is 293 g/mol. The zero-order chi connectivity index (χ0) is 15.5. The van der Waals surface area contributed by atoms with Gasteiger partial charge in [-0.3, -0.25) is 4.79 Å². The molecule has 112 valence electrons. The number of fused-ring (bicyclic) bond motifs is 1. The molecule has 0 saturated heterocycles. The third-order valence-electron chi connectivity index (χ3n) is 3.85. The fraction of sp³-hybridized carbons (Fsp3) is 0.211. The Bertz CT molecular complexity index is 817. The molecule has 0 aliphatic carbocycles. The summed E-state index contributed by atoms with van der Waals surface area (Å²) in [5, 5.41) is 1.06. The average molecular weight is 293 g/mol. The summed E-state index contributed by atoms with van der Waals surface area (Å²) in [6.45, 7) is 2.17. The van der Waals surface area contributed by atoms with Crippen molar-refractivity contribution in [1.82, 2.24) is 0 Å². The van der Waals surface area contributed by atoms with E-state index in [1.165, 1.54) is 0 Å². The van der Waals surface area contributed by atoms with Crippen LogP contribution in [0.15, 0.2) is 52.9 Å². The lowest BCUT2D eigenvalue weighted by Gasteiger charge is -2.06. The number of benzene rings is 2. The van der Waals surface area contributed by atoms with Crippen molar-refractivity contribution in [3.8, 4) is 11.1 Å². The fourth-order valence-corrected chi connectivity index (χ4v) is 2.69. The molecular formula is C19H19NO2. The molecule has 2 N–H and O–H groups in total. The van der Waals surface area contributed by atoms with Gasteiger partial charge in [0.05, 0.1) is 0 Å². The molecule has 0 bridgehead atoms. The third kappa shape index (κ3) is 2.75. The minimum atomic E-state index is -0.411. The van der Waals surface area contributed by atoms with Crippen LogP contribution in [0, 0.1) is 0 Å². The molecule has 0 spiro atoms. The van der Waals surface area contributed by atoms with E-state index in [2.05, 4.69) is 19.1 Å². The number of unbranched alkanes of at least 4 members (excludes halogenated alkanes) is 1. The molecule has 0 unspecified atom stereocenters. The van der Waals surface area contributed by atoms with E-state index in [4.69, 9.17) is 10.2 Å². The van der Waals surface area contributed by atoms with Crippen LogP contribution in [0.2, 0.25) is 0 Å². The Labute approximate surface area is 129 Å². The standard InChI is InChI=1S/C19H19NO2/c1-2-3-6-15-12-14-11-13(9-10-18(14)22-15)16-7-4-5-8-17(16)19(20)21/h4-5,7-12H,2-3,6H2,1H3,(H2,20,21). The van der Waals surface area contributed by atoms with Crippen LogP contribution in [0.5, 0.6) is 0 Å². The molecule has 2 aromatic carbocycles. The number of aryl methyl sites for hydroxylation is 1. The lowest BCUT2D eigenvalue weighted by Crippen LogP contribution is -2.12. The molecule has 0 fully saturated rings. The van der Waals surface area contributed by atoms with Crippen molar-refractivity contribution in [1.29, 1.82) is 0 Å². The Morgan fingerprint density at radius 2 is 1.95 bits per heavy atom. The minimum Gasteiger partial charge on any atom is -0.461 e. The molecule has 3 heteroatoms. The quantitative estimate of drug-likeness (QED) is 0.750. The van der Waals surface area contributed by atoms with Gasteiger partial charge in [-0.25, -0.2) is 0 Å². The second-order valence-corrected chi connectivity index (χ2v) is 5.48. The van der Waals surface area contributed by atoms with Gasteiger partial charge in [0, 0.05) is 17.4 Å². The Balaban J connectivity index is 2.03. The van der Waals surface area contributed by atoms with Gasteiger partial charge in [-0.05, 0) is 41.8 Å². The molecule has 1 aromatic heterocycles. The highest BCUT2D eigenvalue weighted by molar-refractivity contribution is 6.00. The SMILES string of the molecule is CCCCc1cc2cc(-c3ccccc3C(N)=O)ccc2o1. The van der Waals surface area contributed by atoms with Gasteiger partial charge < -0.3 is 10.2 Å². The molecule has 1 heterocycles. The number of primary amides is 1. The Morgan fingerprint density at radius 1 is 1.14 bits per heavy atom. The Morgan fingerprint density at radius 3 is 2.73 bits per heavy atom. The average Bonchev–Trinajstić information content (AvgIpc) is 2.94. The van der Waals surface area contributed by atoms with E-state index < -0.39 is 5.91 Å². The van der Waals surface area contributed by atoms with Crippen LogP contribution in [-0.2, 0) is 6.42 Å². The molecule has 0 radical (unpaired) electrons. The Kier molecular flexibility index (Phi) is 3.96. The van der Waals surface area contributed by atoms with Crippen molar-refractivity contribution in [2.75, 3.05) is 0 Å². The summed E-state index contributed by atoms with van der Waals surface area (Å²) >= 11 is 0. The minimum absolute atomic E-state index is 0.411. The van der Waals surface area contributed by atoms with Gasteiger partial charge in [-0.15, -0.1) is 0 Å². The summed E-state index contributed by atoms with van der Waals surface area (Å²) in [6, 6.07) is 15.5. The van der Waals surface area contributed by atoms with E-state index in [-0.39, 0.29) is 0 Å². The van der Waals surface area contributed by atoms with Gasteiger partial charge >= 0.3 is 0 Å². The predicted octanol–water partition coefficient (Wildman–Crippen LogP) is 4.54. The number of hydrogen-bond donors (Lipinski definition) is 1. The van der Waals surface area contributed by atoms with E-state index >= 15 is 0 Å². The molecule has 3 nitrogen and oxygen atoms in total. The topological polar surface area (TPSA) is 56.2 Å². The maximum atomic E-state index is 11.6. The number of amides is 1. The molecule has 22 heavy (non-hydrogen) atoms. The number of furan rings is 1. The number of hydrogen-bond acceptors (Lipinski definition) is 2. The highest BCUT2D eigenvalue weighted by atomic mass is 16.3. The molecule has 0 saturated carbocycles. The van der Waals surface area contributed by atoms with E-state index in [9.17, 15) is 4.79 Å². The molecule has 0 aliphatic heterocycles. The van der Waals surface area contributed by atoms with Gasteiger partial charge in [0.2, 0.25) is 5.91 Å². The van der Waals surface area contributed by atoms with Gasteiger partial charge in [0.25, 0.3) is 0 Å². The summed E-state index contributed by atoms with van der Waals surface area (Å²) in [7, 11) is 0. The fourth-order valence-electron chi connectivity index (χ4n) is 2.69. The molecule has 0 aliphatic rings. The van der Waals surface area contributed by atoms with Crippen molar-refractivity contribution >= 4 is 16.9 Å². The first-order valence-corrected chi connectivity index (χ1v) is 7.60. The highest BCUT2D eigenvalue weighted by Crippen LogP contribution is 2.29. The molecule has 1 amide bonds. The van der Waals surface area contributed by atoms with Crippen molar-refractivity contribution in [3.05, 3.63) is 59.9 Å². The number of nitrogens with two attached hydrogens (primary N) is 1. The number of rotatable bonds is 5. The van der Waals surface area contributed by atoms with E-state index in [0.29, 0.717) is 5.56 Å². The molecule has 3 aromatic rings. The highest BCUT2D eigenvalue weighted by Gasteiger charge is 2.11. The van der Waals surface area contributed by atoms with E-state index in [1.54, 1.807) is 6.07 Å². The van der Waals surface area contributed by atoms with Gasteiger partial charge in [0.15, 0.2) is 0 Å². The van der Waals surface area contributed by atoms with Crippen molar-refractivity contribution in [3.63, 3.8) is 0 Å². The van der Waals surface area contributed by atoms with E-state index in [1.807, 2.05) is 30.3 Å². The summed E-state index contributed by atoms with van der Waals surface area (Å²) in [4.78, 5) is 11.6. The molecular weight excluding hydrogens is 274 g/mol. The van der Waals surface area contributed by atoms with Crippen molar-refractivity contribution in [2.24, 2.45) is 5.73 Å². The van der Waals surface area contributed by atoms with Crippen molar-refractivity contribution < 1.29 is 9.21 Å². The first-order chi connectivity index (χ1) is 10.7. The second-order valence-electron chi connectivity index (χ2n) is 5.48. The zero-order valence-electron chi connectivity index (χ0n) is 12.6. The van der Waals surface area contributed by atoms with Crippen LogP contribution in [0.1, 0.15) is 35.9 Å². The number of carbonyl (C=O) groups excluding carboxylic acids is 1. The number of carbonyl (C=O) groups is 1. The van der Waals surface area contributed by atoms with Crippen molar-refractivity contribution in [2.45, 2.75) is 26.2 Å². The van der Waals surface area contributed by atoms with Gasteiger partial charge in [0.1, 0.15) is 11.3 Å². The van der Waals surface area contributed by atoms with Crippen LogP contribution in [-0.4, -0.2) is 5.91 Å². The summed E-state index contributed by atoms with van der Waals surface area (Å²) in [5.41, 5.74) is 8.72. The maximum Gasteiger partial charge on any atom is 0.249 e. The smallest absolute Gasteiger partial charge is 0.249 e. The van der Waals surface area contributed by atoms with Crippen LogP contribution < -0.4 is 5.73 Å². The summed E-state index contributed by atoms with van der Waals surface area (Å²) in [5.74, 6) is 0.601. The lowest BCUT2D eigenvalue weighted by molar-refractivity contribution is 0.100. The second kappa shape index (κ2) is 6.06. The summed E-state index contributed by atoms with van der Waals surface area (Å²) < 4.78 is 5.85. The first kappa shape index (κ1) is 14.4. The summed E-state index contributed by atoms with van der Waals surface area (Å²) in [6.07, 6.45) is 3.23. The zero-order valence-corrected chi connectivity index (χ0v) is 12.6. The predicted molar refractivity (Wildman–Crippen MR) is 88.8 cm³/mol. The Hall–Kier alpha value is -2.55. The normalized spacial score (nSPS) is 11.0. The molecule has 3 rings (SSSR count). The molecule has 0 atom stereocenters. The van der Waals surface area contributed by atoms with Crippen LogP contribution >= 0.6 is 0 Å². The first-order valence-electron chi connectivity index (χ1n) is 7.60.